The summed E-state index contributed by atoms with van der Waals surface area (Å²) in [5.74, 6) is -0.930. The lowest BCUT2D eigenvalue weighted by atomic mass is 10.1. The number of hydrogen-bond donors (Lipinski definition) is 0. The van der Waals surface area contributed by atoms with Gasteiger partial charge in [0.2, 0.25) is 0 Å². The fourth-order valence-corrected chi connectivity index (χ4v) is 6.57. The Morgan fingerprint density at radius 3 is 1.22 bits per heavy atom. The van der Waals surface area contributed by atoms with Crippen LogP contribution in [0.15, 0.2) is 60.8 Å². The summed E-state index contributed by atoms with van der Waals surface area (Å²) in [5, 5.41) is 0. The van der Waals surface area contributed by atoms with Crippen molar-refractivity contribution >= 4 is 17.9 Å². The van der Waals surface area contributed by atoms with Crippen LogP contribution in [0.25, 0.3) is 0 Å². The monoisotopic (exact) mass is 811 g/mol. The first-order valence-corrected chi connectivity index (χ1v) is 24.3. The molecule has 0 spiro atoms. The van der Waals surface area contributed by atoms with Crippen molar-refractivity contribution in [3.8, 4) is 0 Å². The molecule has 0 aromatic heterocycles. The van der Waals surface area contributed by atoms with Gasteiger partial charge in [0.25, 0.3) is 0 Å². The van der Waals surface area contributed by atoms with Crippen molar-refractivity contribution in [2.24, 2.45) is 0 Å². The SMILES string of the molecule is CC/C=C\C/C=C\CCCCCCCCCC(=O)OC(COC(=O)CCCCC/C=C\C=C/CCCC)COC(=O)CCCCCCCCC/C=C\CCCCCC. The summed E-state index contributed by atoms with van der Waals surface area (Å²) in [4.78, 5) is 37.8. The third kappa shape index (κ3) is 44.2. The Morgan fingerprint density at radius 2 is 0.741 bits per heavy atom. The highest BCUT2D eigenvalue weighted by Crippen LogP contribution is 2.14. The van der Waals surface area contributed by atoms with Gasteiger partial charge in [-0.05, 0) is 89.9 Å². The van der Waals surface area contributed by atoms with Gasteiger partial charge in [0.15, 0.2) is 6.10 Å². The second-order valence-electron chi connectivity index (χ2n) is 16.0. The molecule has 0 heterocycles. The molecule has 0 saturated heterocycles. The summed E-state index contributed by atoms with van der Waals surface area (Å²) in [7, 11) is 0. The molecular weight excluding hydrogens is 721 g/mol. The molecule has 0 aliphatic carbocycles. The summed E-state index contributed by atoms with van der Waals surface area (Å²) in [5.41, 5.74) is 0. The number of carbonyl (C=O) groups is 3. The van der Waals surface area contributed by atoms with Gasteiger partial charge in [-0.15, -0.1) is 0 Å². The Morgan fingerprint density at radius 1 is 0.379 bits per heavy atom. The molecule has 0 radical (unpaired) electrons. The number of carbonyl (C=O) groups excluding carboxylic acids is 3. The first kappa shape index (κ1) is 55.1. The number of ether oxygens (including phenoxy) is 3. The highest BCUT2D eigenvalue weighted by Gasteiger charge is 2.19. The quantitative estimate of drug-likeness (QED) is 0.0201. The van der Waals surface area contributed by atoms with Crippen LogP contribution >= 0.6 is 0 Å². The molecule has 0 aliphatic rings. The van der Waals surface area contributed by atoms with Gasteiger partial charge in [0.1, 0.15) is 13.2 Å². The highest BCUT2D eigenvalue weighted by molar-refractivity contribution is 5.71. The van der Waals surface area contributed by atoms with Crippen LogP contribution < -0.4 is 0 Å². The lowest BCUT2D eigenvalue weighted by Crippen LogP contribution is -2.30. The molecule has 0 fully saturated rings. The van der Waals surface area contributed by atoms with Gasteiger partial charge in [-0.3, -0.25) is 14.4 Å². The topological polar surface area (TPSA) is 78.9 Å². The van der Waals surface area contributed by atoms with Crippen LogP contribution in [-0.4, -0.2) is 37.2 Å². The third-order valence-corrected chi connectivity index (χ3v) is 10.3. The number of unbranched alkanes of at least 4 members (excludes halogenated alkanes) is 23. The molecule has 58 heavy (non-hydrogen) atoms. The van der Waals surface area contributed by atoms with Crippen LogP contribution in [0, 0.1) is 0 Å². The molecule has 0 rings (SSSR count). The Balaban J connectivity index is 4.41. The molecule has 0 aliphatic heterocycles. The molecule has 0 aromatic carbocycles. The summed E-state index contributed by atoms with van der Waals surface area (Å²) < 4.78 is 16.7. The summed E-state index contributed by atoms with van der Waals surface area (Å²) >= 11 is 0. The summed E-state index contributed by atoms with van der Waals surface area (Å²) in [6.45, 7) is 6.43. The van der Waals surface area contributed by atoms with E-state index in [1.54, 1.807) is 0 Å². The molecule has 0 amide bonds. The lowest BCUT2D eigenvalue weighted by Gasteiger charge is -2.18. The van der Waals surface area contributed by atoms with Crippen LogP contribution in [0.3, 0.4) is 0 Å². The zero-order valence-corrected chi connectivity index (χ0v) is 38.0. The van der Waals surface area contributed by atoms with Crippen LogP contribution in [0.2, 0.25) is 0 Å². The minimum Gasteiger partial charge on any atom is -0.462 e. The van der Waals surface area contributed by atoms with Gasteiger partial charge in [-0.2, -0.15) is 0 Å². The Hall–Kier alpha value is -2.89. The van der Waals surface area contributed by atoms with Crippen molar-refractivity contribution in [2.75, 3.05) is 13.2 Å². The first-order valence-electron chi connectivity index (χ1n) is 24.3. The lowest BCUT2D eigenvalue weighted by molar-refractivity contribution is -0.167. The minimum absolute atomic E-state index is 0.0884. The summed E-state index contributed by atoms with van der Waals surface area (Å²) in [6, 6.07) is 0. The van der Waals surface area contributed by atoms with Crippen molar-refractivity contribution in [2.45, 2.75) is 239 Å². The number of esters is 3. The maximum atomic E-state index is 12.7. The maximum absolute atomic E-state index is 12.7. The van der Waals surface area contributed by atoms with E-state index in [9.17, 15) is 14.4 Å². The van der Waals surface area contributed by atoms with Gasteiger partial charge in [-0.1, -0.05) is 184 Å². The van der Waals surface area contributed by atoms with Crippen molar-refractivity contribution in [1.29, 1.82) is 0 Å². The van der Waals surface area contributed by atoms with E-state index in [1.165, 1.54) is 103 Å². The average molecular weight is 811 g/mol. The smallest absolute Gasteiger partial charge is 0.306 e. The van der Waals surface area contributed by atoms with Crippen molar-refractivity contribution in [3.05, 3.63) is 60.8 Å². The average Bonchev–Trinajstić information content (AvgIpc) is 3.22. The standard InChI is InChI=1S/C52H90O6/c1-4-7-10-13-16-19-22-24-26-28-30-33-36-39-42-45-51(54)57-48-49(47-56-50(53)44-41-38-35-32-29-21-18-15-12-9-6-3)58-52(55)46-43-40-37-34-31-27-25-23-20-17-14-11-8-5-2/h8,11,15,17-22,29,49H,4-7,9-10,12-14,16,23-28,30-48H2,1-3H3/b11-8-,18-15-,20-17-,22-19-,29-21-. The molecule has 1 atom stereocenters. The normalized spacial score (nSPS) is 12.5. The van der Waals surface area contributed by atoms with E-state index in [0.29, 0.717) is 19.3 Å². The number of allylic oxidation sites excluding steroid dienone is 10. The Labute approximate surface area is 358 Å². The molecule has 1 unspecified atom stereocenters. The fourth-order valence-electron chi connectivity index (χ4n) is 6.57. The number of hydrogen-bond acceptors (Lipinski definition) is 6. The van der Waals surface area contributed by atoms with Crippen LogP contribution in [0.5, 0.6) is 0 Å². The molecule has 0 N–H and O–H groups in total. The van der Waals surface area contributed by atoms with Crippen LogP contribution in [-0.2, 0) is 28.6 Å². The van der Waals surface area contributed by atoms with Gasteiger partial charge < -0.3 is 14.2 Å². The zero-order chi connectivity index (χ0) is 42.3. The molecular formula is C52H90O6. The van der Waals surface area contributed by atoms with E-state index in [1.807, 2.05) is 0 Å². The van der Waals surface area contributed by atoms with Gasteiger partial charge in [0, 0.05) is 19.3 Å². The second kappa shape index (κ2) is 46.8. The third-order valence-electron chi connectivity index (χ3n) is 10.3. The highest BCUT2D eigenvalue weighted by atomic mass is 16.6. The second-order valence-corrected chi connectivity index (χ2v) is 16.0. The van der Waals surface area contributed by atoms with E-state index in [2.05, 4.69) is 81.5 Å². The predicted molar refractivity (Wildman–Crippen MR) is 247 cm³/mol. The minimum atomic E-state index is -0.788. The molecule has 0 aromatic rings. The van der Waals surface area contributed by atoms with Crippen molar-refractivity contribution in [3.63, 3.8) is 0 Å². The summed E-state index contributed by atoms with van der Waals surface area (Å²) in [6.07, 6.45) is 56.3. The van der Waals surface area contributed by atoms with E-state index in [4.69, 9.17) is 14.2 Å². The van der Waals surface area contributed by atoms with E-state index in [0.717, 1.165) is 89.9 Å². The molecule has 0 bridgehead atoms. The predicted octanol–water partition coefficient (Wildman–Crippen LogP) is 15.7. The molecule has 334 valence electrons. The molecule has 0 saturated carbocycles. The molecule has 6 heteroatoms. The zero-order valence-electron chi connectivity index (χ0n) is 38.0. The van der Waals surface area contributed by atoms with E-state index < -0.39 is 6.10 Å². The van der Waals surface area contributed by atoms with Crippen LogP contribution in [0.1, 0.15) is 233 Å². The first-order chi connectivity index (χ1) is 28.5. The fraction of sp³-hybridized carbons (Fsp3) is 0.750. The van der Waals surface area contributed by atoms with Crippen molar-refractivity contribution in [1.82, 2.24) is 0 Å². The van der Waals surface area contributed by atoms with Gasteiger partial charge in [-0.25, -0.2) is 0 Å². The van der Waals surface area contributed by atoms with Gasteiger partial charge in [0.05, 0.1) is 0 Å². The van der Waals surface area contributed by atoms with E-state index in [-0.39, 0.29) is 31.1 Å². The largest absolute Gasteiger partial charge is 0.462 e. The van der Waals surface area contributed by atoms with E-state index >= 15 is 0 Å². The molecule has 6 nitrogen and oxygen atoms in total. The Kier molecular flexibility index (Phi) is 44.5. The van der Waals surface area contributed by atoms with Gasteiger partial charge >= 0.3 is 17.9 Å². The van der Waals surface area contributed by atoms with Crippen molar-refractivity contribution < 1.29 is 28.6 Å². The maximum Gasteiger partial charge on any atom is 0.306 e. The van der Waals surface area contributed by atoms with Crippen LogP contribution in [0.4, 0.5) is 0 Å². The Bertz CT molecular complexity index is 1070. The number of rotatable bonds is 43.